The number of piperazine rings is 1. The smallest absolute Gasteiger partial charge is 0.175 e. The van der Waals surface area contributed by atoms with Gasteiger partial charge in [0.25, 0.3) is 0 Å². The van der Waals surface area contributed by atoms with Crippen molar-refractivity contribution in [2.24, 2.45) is 4.99 Å². The minimum Gasteiger partial charge on any atom is -0.368 e. The zero-order chi connectivity index (χ0) is 22.0. The van der Waals surface area contributed by atoms with Gasteiger partial charge in [-0.1, -0.05) is 18.1 Å². The van der Waals surface area contributed by atoms with Gasteiger partial charge in [-0.25, -0.2) is 4.99 Å². The largest absolute Gasteiger partial charge is 0.368 e. The summed E-state index contributed by atoms with van der Waals surface area (Å²) in [6, 6.07) is 6.64. The van der Waals surface area contributed by atoms with Gasteiger partial charge in [-0.2, -0.15) is 0 Å². The summed E-state index contributed by atoms with van der Waals surface area (Å²) in [5.41, 5.74) is 6.40. The van der Waals surface area contributed by atoms with Crippen molar-refractivity contribution in [3.05, 3.63) is 70.7 Å². The van der Waals surface area contributed by atoms with Gasteiger partial charge in [-0.3, -0.25) is 5.32 Å². The molecule has 2 unspecified atom stereocenters. The van der Waals surface area contributed by atoms with Crippen LogP contribution in [0.1, 0.15) is 30.5 Å². The zero-order valence-corrected chi connectivity index (χ0v) is 18.8. The van der Waals surface area contributed by atoms with Crippen molar-refractivity contribution < 1.29 is 0 Å². The van der Waals surface area contributed by atoms with E-state index in [-0.39, 0.29) is 12.5 Å². The lowest BCUT2D eigenvalue weighted by Gasteiger charge is -2.42. The van der Waals surface area contributed by atoms with Crippen molar-refractivity contribution >= 4 is 5.71 Å². The Balaban J connectivity index is 1.43. The molecule has 162 valence electrons. The monoisotopic (exact) mass is 416 g/mol. The van der Waals surface area contributed by atoms with E-state index >= 15 is 0 Å². The second kappa shape index (κ2) is 9.01. The van der Waals surface area contributed by atoms with E-state index in [2.05, 4.69) is 70.8 Å². The van der Waals surface area contributed by atoms with Crippen LogP contribution < -0.4 is 16.0 Å². The first-order chi connectivity index (χ1) is 14.9. The second-order valence-electron chi connectivity index (χ2n) is 8.55. The lowest BCUT2D eigenvalue weighted by atomic mass is 10.0. The highest BCUT2D eigenvalue weighted by Gasteiger charge is 2.26. The molecule has 4 rings (SSSR count). The Labute approximate surface area is 185 Å². The van der Waals surface area contributed by atoms with Crippen LogP contribution in [0.5, 0.6) is 0 Å². The summed E-state index contributed by atoms with van der Waals surface area (Å²) in [4.78, 5) is 9.72. The maximum Gasteiger partial charge on any atom is 0.175 e. The van der Waals surface area contributed by atoms with E-state index in [1.165, 1.54) is 11.4 Å². The first kappa shape index (κ1) is 21.2. The van der Waals surface area contributed by atoms with Crippen LogP contribution in [0, 0.1) is 19.3 Å². The predicted molar refractivity (Wildman–Crippen MR) is 127 cm³/mol. The fourth-order valence-corrected chi connectivity index (χ4v) is 4.37. The number of dihydropyridines is 1. The van der Waals surface area contributed by atoms with Gasteiger partial charge in [-0.15, -0.1) is 6.42 Å². The maximum atomic E-state index is 5.63. The number of terminal acetylenes is 1. The number of hydrogen-bond donors (Lipinski definition) is 3. The van der Waals surface area contributed by atoms with Gasteiger partial charge in [-0.05, 0) is 57.7 Å². The van der Waals surface area contributed by atoms with Gasteiger partial charge < -0.3 is 20.4 Å². The summed E-state index contributed by atoms with van der Waals surface area (Å²) in [6.45, 7) is 9.69. The van der Waals surface area contributed by atoms with Crippen LogP contribution >= 0.6 is 0 Å². The number of benzene rings is 1. The summed E-state index contributed by atoms with van der Waals surface area (Å²) in [6.07, 6.45) is 13.7. The summed E-state index contributed by atoms with van der Waals surface area (Å²) in [5, 5.41) is 10.4. The number of allylic oxidation sites excluding steroid dienone is 3. The molecule has 0 bridgehead atoms. The lowest BCUT2D eigenvalue weighted by Crippen LogP contribution is -2.54. The molecular weight excluding hydrogens is 384 g/mol. The molecule has 3 aliphatic rings. The standard InChI is InChI=1S/C25H32N6/c1-6-20-15-21(8-7-17(20)2)22-11-12-26-25(28-22)29-24-10-9-23(19(4)27-24)31-14-13-30(5)16-18(31)3/h1,7-12,15,18,24-27,29H,13-14,16H2,2-5H3/t18-,24?,25?/m1/s1. The first-order valence-corrected chi connectivity index (χ1v) is 10.9. The molecule has 0 spiro atoms. The van der Waals surface area contributed by atoms with E-state index in [0.29, 0.717) is 6.04 Å². The van der Waals surface area contributed by atoms with Gasteiger partial charge in [0.1, 0.15) is 0 Å². The topological polar surface area (TPSA) is 54.9 Å². The molecule has 6 heteroatoms. The van der Waals surface area contributed by atoms with E-state index in [1.807, 2.05) is 31.3 Å². The molecule has 1 saturated heterocycles. The van der Waals surface area contributed by atoms with Crippen molar-refractivity contribution in [2.75, 3.05) is 26.7 Å². The Kier molecular flexibility index (Phi) is 6.17. The molecule has 3 atom stereocenters. The minimum atomic E-state index is -0.227. The molecule has 0 amide bonds. The lowest BCUT2D eigenvalue weighted by molar-refractivity contribution is 0.133. The molecule has 3 heterocycles. The third-order valence-electron chi connectivity index (χ3n) is 6.13. The van der Waals surface area contributed by atoms with Gasteiger partial charge in [0, 0.05) is 48.7 Å². The SMILES string of the molecule is C#Cc1cc(C2=NC(NC3C=CC(N4CCN(C)C[C@H]4C)=C(C)N3)NC=C2)ccc1C. The molecule has 1 aromatic rings. The van der Waals surface area contributed by atoms with Crippen LogP contribution in [0.2, 0.25) is 0 Å². The van der Waals surface area contributed by atoms with Gasteiger partial charge >= 0.3 is 0 Å². The molecule has 6 nitrogen and oxygen atoms in total. The highest BCUT2D eigenvalue weighted by molar-refractivity contribution is 6.09. The highest BCUT2D eigenvalue weighted by Crippen LogP contribution is 2.21. The number of aryl methyl sites for hydroxylation is 1. The van der Waals surface area contributed by atoms with Crippen LogP contribution in [-0.4, -0.2) is 60.7 Å². The fourth-order valence-electron chi connectivity index (χ4n) is 4.37. The molecule has 3 N–H and O–H groups in total. The third kappa shape index (κ3) is 4.68. The molecule has 0 aromatic heterocycles. The van der Waals surface area contributed by atoms with E-state index in [9.17, 15) is 0 Å². The minimum absolute atomic E-state index is 0.000178. The van der Waals surface area contributed by atoms with Crippen molar-refractivity contribution in [2.45, 2.75) is 39.3 Å². The number of aliphatic imine (C=N–C) groups is 1. The summed E-state index contributed by atoms with van der Waals surface area (Å²) >= 11 is 0. The zero-order valence-electron chi connectivity index (χ0n) is 18.8. The van der Waals surface area contributed by atoms with Crippen molar-refractivity contribution in [1.82, 2.24) is 25.8 Å². The molecule has 3 aliphatic heterocycles. The molecular formula is C25H32N6. The highest BCUT2D eigenvalue weighted by atomic mass is 15.3. The van der Waals surface area contributed by atoms with Crippen LogP contribution in [0.3, 0.4) is 0 Å². The van der Waals surface area contributed by atoms with E-state index in [1.54, 1.807) is 0 Å². The Hall–Kier alpha value is -3.01. The van der Waals surface area contributed by atoms with Crippen LogP contribution in [0.25, 0.3) is 0 Å². The van der Waals surface area contributed by atoms with E-state index in [0.717, 1.165) is 42.0 Å². The fraction of sp³-hybridized carbons (Fsp3) is 0.400. The second-order valence-corrected chi connectivity index (χ2v) is 8.55. The number of hydrogen-bond acceptors (Lipinski definition) is 6. The summed E-state index contributed by atoms with van der Waals surface area (Å²) < 4.78 is 0. The Bertz CT molecular complexity index is 996. The molecule has 1 aromatic carbocycles. The average Bonchev–Trinajstić information content (AvgIpc) is 2.75. The van der Waals surface area contributed by atoms with Crippen molar-refractivity contribution in [3.63, 3.8) is 0 Å². The number of nitrogens with one attached hydrogen (secondary N) is 3. The third-order valence-corrected chi connectivity index (χ3v) is 6.13. The summed E-state index contributed by atoms with van der Waals surface area (Å²) in [7, 11) is 2.19. The van der Waals surface area contributed by atoms with Crippen LogP contribution in [0.4, 0.5) is 0 Å². The normalized spacial score (nSPS) is 26.2. The van der Waals surface area contributed by atoms with Crippen LogP contribution in [-0.2, 0) is 0 Å². The van der Waals surface area contributed by atoms with Gasteiger partial charge in [0.05, 0.1) is 17.6 Å². The molecule has 1 fully saturated rings. The summed E-state index contributed by atoms with van der Waals surface area (Å²) in [5.74, 6) is 2.75. The van der Waals surface area contributed by atoms with Crippen molar-refractivity contribution in [3.8, 4) is 12.3 Å². The number of likely N-dealkylation sites (N-methyl/N-ethyl adjacent to an activating group) is 1. The van der Waals surface area contributed by atoms with E-state index < -0.39 is 0 Å². The van der Waals surface area contributed by atoms with Gasteiger partial charge in [0.2, 0.25) is 0 Å². The predicted octanol–water partition coefficient (Wildman–Crippen LogP) is 2.11. The molecule has 0 saturated carbocycles. The maximum absolute atomic E-state index is 5.63. The van der Waals surface area contributed by atoms with E-state index in [4.69, 9.17) is 11.4 Å². The average molecular weight is 417 g/mol. The Morgan fingerprint density at radius 3 is 2.81 bits per heavy atom. The van der Waals surface area contributed by atoms with Crippen molar-refractivity contribution in [1.29, 1.82) is 0 Å². The van der Waals surface area contributed by atoms with Gasteiger partial charge in [0.15, 0.2) is 6.29 Å². The number of nitrogens with zero attached hydrogens (tertiary/aromatic N) is 3. The van der Waals surface area contributed by atoms with Crippen LogP contribution in [0.15, 0.2) is 59.0 Å². The molecule has 31 heavy (non-hydrogen) atoms. The number of rotatable bonds is 4. The Morgan fingerprint density at radius 2 is 2.06 bits per heavy atom. The first-order valence-electron chi connectivity index (χ1n) is 10.9. The molecule has 0 radical (unpaired) electrons. The quantitative estimate of drug-likeness (QED) is 0.657. The molecule has 0 aliphatic carbocycles. The Morgan fingerprint density at radius 1 is 1.23 bits per heavy atom.